The third-order valence-electron chi connectivity index (χ3n) is 5.63. The van der Waals surface area contributed by atoms with Gasteiger partial charge in [-0.15, -0.1) is 0 Å². The Labute approximate surface area is 202 Å². The minimum absolute atomic E-state index is 0.0626. The summed E-state index contributed by atoms with van der Waals surface area (Å²) < 4.78 is 48.9. The highest BCUT2D eigenvalue weighted by atomic mass is 32.2. The Morgan fingerprint density at radius 3 is 2.23 bits per heavy atom. The van der Waals surface area contributed by atoms with E-state index in [4.69, 9.17) is 18.9 Å². The van der Waals surface area contributed by atoms with Gasteiger partial charge < -0.3 is 24.3 Å². The largest absolute Gasteiger partial charge is 0.464 e. The van der Waals surface area contributed by atoms with Crippen molar-refractivity contribution in [3.63, 3.8) is 0 Å². The highest BCUT2D eigenvalue weighted by molar-refractivity contribution is 7.89. The van der Waals surface area contributed by atoms with Gasteiger partial charge in [-0.1, -0.05) is 23.8 Å². The number of urea groups is 1. The summed E-state index contributed by atoms with van der Waals surface area (Å²) in [4.78, 5) is 39.6. The van der Waals surface area contributed by atoms with Crippen molar-refractivity contribution in [1.82, 2.24) is 9.62 Å². The number of fused-ring (bicyclic) bond motifs is 1. The molecule has 11 nitrogen and oxygen atoms in total. The molecule has 0 aliphatic carbocycles. The number of nitrogens with zero attached hydrogens (tertiary/aromatic N) is 1. The van der Waals surface area contributed by atoms with Crippen molar-refractivity contribution >= 4 is 28.0 Å². The fraction of sp³-hybridized carbons (Fsp3) is 0.348. The van der Waals surface area contributed by atoms with Crippen molar-refractivity contribution in [2.75, 3.05) is 20.0 Å². The molecule has 0 spiro atoms. The summed E-state index contributed by atoms with van der Waals surface area (Å²) in [6.45, 7) is 4.49. The van der Waals surface area contributed by atoms with Gasteiger partial charge in [-0.05, 0) is 50.6 Å². The first-order chi connectivity index (χ1) is 16.7. The lowest BCUT2D eigenvalue weighted by Gasteiger charge is -2.32. The fourth-order valence-electron chi connectivity index (χ4n) is 4.02. The van der Waals surface area contributed by atoms with Crippen LogP contribution in [0.15, 0.2) is 47.4 Å². The van der Waals surface area contributed by atoms with Gasteiger partial charge in [0.1, 0.15) is 6.04 Å². The average Bonchev–Trinajstić information content (AvgIpc) is 3.42. The lowest BCUT2D eigenvalue weighted by molar-refractivity contribution is -0.166. The highest BCUT2D eigenvalue weighted by Gasteiger charge is 2.67. The molecular weight excluding hydrogens is 480 g/mol. The van der Waals surface area contributed by atoms with E-state index in [0.717, 1.165) is 5.56 Å². The molecule has 35 heavy (non-hydrogen) atoms. The molecule has 2 heterocycles. The Hall–Kier alpha value is -3.80. The molecule has 186 valence electrons. The Morgan fingerprint density at radius 1 is 1.03 bits per heavy atom. The van der Waals surface area contributed by atoms with E-state index in [1.54, 1.807) is 19.1 Å². The summed E-state index contributed by atoms with van der Waals surface area (Å²) in [5, 5.41) is 2.28. The number of carbonyl (C=O) groups excluding carboxylic acids is 3. The molecule has 0 unspecified atom stereocenters. The fourth-order valence-corrected chi connectivity index (χ4v) is 5.55. The lowest BCUT2D eigenvalue weighted by Crippen LogP contribution is -2.60. The van der Waals surface area contributed by atoms with Crippen LogP contribution in [0.1, 0.15) is 31.0 Å². The van der Waals surface area contributed by atoms with Gasteiger partial charge in [-0.3, -0.25) is 0 Å². The predicted molar refractivity (Wildman–Crippen MR) is 120 cm³/mol. The summed E-state index contributed by atoms with van der Waals surface area (Å²) in [5.41, 5.74) is -1.59. The number of ether oxygens (including phenoxy) is 4. The minimum Gasteiger partial charge on any atom is -0.464 e. The van der Waals surface area contributed by atoms with Crippen LogP contribution < -0.4 is 14.8 Å². The number of nitrogens with one attached hydrogen (secondary N) is 1. The third-order valence-corrected chi connectivity index (χ3v) is 7.40. The molecule has 0 aromatic heterocycles. The van der Waals surface area contributed by atoms with E-state index in [2.05, 4.69) is 5.32 Å². The Balaban J connectivity index is 1.96. The van der Waals surface area contributed by atoms with Gasteiger partial charge in [0, 0.05) is 0 Å². The van der Waals surface area contributed by atoms with Gasteiger partial charge >= 0.3 is 18.0 Å². The van der Waals surface area contributed by atoms with E-state index in [9.17, 15) is 22.8 Å². The monoisotopic (exact) mass is 504 g/mol. The number of carbonyl (C=O) groups is 3. The van der Waals surface area contributed by atoms with E-state index < -0.39 is 39.6 Å². The van der Waals surface area contributed by atoms with E-state index in [-0.39, 0.29) is 36.2 Å². The summed E-state index contributed by atoms with van der Waals surface area (Å²) in [5.74, 6) is -1.67. The topological polar surface area (TPSA) is 138 Å². The third kappa shape index (κ3) is 3.93. The molecule has 1 N–H and O–H groups in total. The van der Waals surface area contributed by atoms with Crippen molar-refractivity contribution in [2.45, 2.75) is 37.2 Å². The zero-order chi connectivity index (χ0) is 25.4. The first-order valence-corrected chi connectivity index (χ1v) is 12.3. The number of benzene rings is 2. The number of hydrogen-bond acceptors (Lipinski definition) is 9. The van der Waals surface area contributed by atoms with E-state index in [0.29, 0.717) is 10.1 Å². The Morgan fingerprint density at radius 2 is 1.63 bits per heavy atom. The highest BCUT2D eigenvalue weighted by Crippen LogP contribution is 2.45. The van der Waals surface area contributed by atoms with E-state index >= 15 is 0 Å². The van der Waals surface area contributed by atoms with Gasteiger partial charge in [0.15, 0.2) is 11.5 Å². The van der Waals surface area contributed by atoms with Crippen LogP contribution in [0.25, 0.3) is 0 Å². The maximum absolute atomic E-state index is 13.7. The molecule has 1 fully saturated rings. The second-order valence-electron chi connectivity index (χ2n) is 7.81. The molecule has 4 rings (SSSR count). The maximum atomic E-state index is 13.7. The maximum Gasteiger partial charge on any atom is 0.346 e. The normalized spacial score (nSPS) is 18.2. The zero-order valence-electron chi connectivity index (χ0n) is 19.3. The molecule has 2 amide bonds. The molecule has 0 radical (unpaired) electrons. The average molecular weight is 505 g/mol. The van der Waals surface area contributed by atoms with Crippen LogP contribution in [0, 0.1) is 6.92 Å². The number of esters is 2. The predicted octanol–water partition coefficient (Wildman–Crippen LogP) is 2.04. The smallest absolute Gasteiger partial charge is 0.346 e. The first kappa shape index (κ1) is 24.3. The van der Waals surface area contributed by atoms with E-state index in [1.165, 1.54) is 44.2 Å². The van der Waals surface area contributed by atoms with Crippen LogP contribution in [0.3, 0.4) is 0 Å². The first-order valence-electron chi connectivity index (χ1n) is 10.8. The van der Waals surface area contributed by atoms with Crippen LogP contribution in [-0.4, -0.2) is 56.2 Å². The number of hydrogen-bond donors (Lipinski definition) is 1. The summed E-state index contributed by atoms with van der Waals surface area (Å²) in [7, 11) is -4.55. The molecule has 2 aliphatic heterocycles. The molecule has 12 heteroatoms. The van der Waals surface area contributed by atoms with Crippen molar-refractivity contribution in [3.05, 3.63) is 53.6 Å². The van der Waals surface area contributed by atoms with Crippen molar-refractivity contribution in [3.8, 4) is 11.5 Å². The van der Waals surface area contributed by atoms with Crippen LogP contribution in [-0.2, 0) is 29.1 Å². The number of sulfonamides is 1. The van der Waals surface area contributed by atoms with Crippen molar-refractivity contribution in [2.24, 2.45) is 0 Å². The Bertz CT molecular complexity index is 1260. The second-order valence-corrected chi connectivity index (χ2v) is 9.62. The molecule has 1 saturated heterocycles. The van der Waals surface area contributed by atoms with Gasteiger partial charge in [0.05, 0.1) is 18.1 Å². The molecule has 1 atom stereocenters. The van der Waals surface area contributed by atoms with Crippen molar-refractivity contribution < 1.29 is 41.7 Å². The van der Waals surface area contributed by atoms with Gasteiger partial charge in [-0.25, -0.2) is 27.1 Å². The quantitative estimate of drug-likeness (QED) is 0.443. The van der Waals surface area contributed by atoms with E-state index in [1.807, 2.05) is 0 Å². The lowest BCUT2D eigenvalue weighted by atomic mass is 9.86. The summed E-state index contributed by atoms with van der Waals surface area (Å²) >= 11 is 0. The Kier molecular flexibility index (Phi) is 6.32. The standard InChI is InChI=1S/C23H24N2O9S/c1-4-31-20(26)23(21(27)32-5-2)19(15-8-11-17-18(12-15)34-13-33-17)25(22(28)24-23)35(29,30)16-9-6-14(3)7-10-16/h6-12,19H,4-5,13H2,1-3H3,(H,24,28)/t19-/m1/s1. The second kappa shape index (κ2) is 9.10. The number of amides is 2. The van der Waals surface area contributed by atoms with Crippen molar-refractivity contribution in [1.29, 1.82) is 0 Å². The molecule has 0 bridgehead atoms. The molecule has 2 aromatic carbocycles. The van der Waals surface area contributed by atoms with Gasteiger partial charge in [0.25, 0.3) is 15.6 Å². The van der Waals surface area contributed by atoms with Crippen LogP contribution in [0.5, 0.6) is 11.5 Å². The summed E-state index contributed by atoms with van der Waals surface area (Å²) in [6.07, 6.45) is 0. The number of aryl methyl sites for hydroxylation is 1. The SMILES string of the molecule is CCOC(=O)C1(C(=O)OCC)NC(=O)N(S(=O)(=O)c2ccc(C)cc2)[C@@H]1c1ccc2c(c1)OCO2. The van der Waals surface area contributed by atoms with Crippen LogP contribution >= 0.6 is 0 Å². The van der Waals surface area contributed by atoms with Gasteiger partial charge in [-0.2, -0.15) is 0 Å². The minimum atomic E-state index is -4.55. The molecular formula is C23H24N2O9S. The molecule has 2 aliphatic rings. The summed E-state index contributed by atoms with van der Waals surface area (Å²) in [6, 6.07) is 7.30. The molecule has 2 aromatic rings. The zero-order valence-corrected chi connectivity index (χ0v) is 20.1. The molecule has 0 saturated carbocycles. The van der Waals surface area contributed by atoms with Crippen LogP contribution in [0.4, 0.5) is 4.79 Å². The van der Waals surface area contributed by atoms with Gasteiger partial charge in [0.2, 0.25) is 6.79 Å². The number of rotatable bonds is 7. The van der Waals surface area contributed by atoms with Crippen LogP contribution in [0.2, 0.25) is 0 Å².